The summed E-state index contributed by atoms with van der Waals surface area (Å²) >= 11 is 0. The summed E-state index contributed by atoms with van der Waals surface area (Å²) in [6.45, 7) is 5.56. The summed E-state index contributed by atoms with van der Waals surface area (Å²) in [5, 5.41) is 8.35. The van der Waals surface area contributed by atoms with Crippen molar-refractivity contribution in [1.82, 2.24) is 24.9 Å². The number of carbonyl (C=O) groups is 2. The van der Waals surface area contributed by atoms with Gasteiger partial charge in [-0.3, -0.25) is 9.59 Å². The van der Waals surface area contributed by atoms with Gasteiger partial charge < -0.3 is 9.80 Å². The maximum absolute atomic E-state index is 13.4. The van der Waals surface area contributed by atoms with Gasteiger partial charge in [0.15, 0.2) is 5.78 Å². The largest absolute Gasteiger partial charge is 0.355 e. The zero-order chi connectivity index (χ0) is 21.1. The summed E-state index contributed by atoms with van der Waals surface area (Å²) in [6.07, 6.45) is 3.99. The second kappa shape index (κ2) is 8.44. The third-order valence-electron chi connectivity index (χ3n) is 5.41. The Morgan fingerprint density at radius 2 is 1.73 bits per heavy atom. The van der Waals surface area contributed by atoms with Crippen LogP contribution >= 0.6 is 0 Å². The van der Waals surface area contributed by atoms with Gasteiger partial charge in [-0.1, -0.05) is 18.2 Å². The lowest BCUT2D eigenvalue weighted by atomic mass is 10.1. The average molecular weight is 404 g/mol. The number of carbonyl (C=O) groups excluding carboxylic acids is 2. The first-order valence-corrected chi connectivity index (χ1v) is 10.0. The Morgan fingerprint density at radius 3 is 2.50 bits per heavy atom. The summed E-state index contributed by atoms with van der Waals surface area (Å²) in [5.41, 5.74) is 1.70. The molecule has 4 rings (SSSR count). The van der Waals surface area contributed by atoms with Crippen LogP contribution in [0.15, 0.2) is 54.9 Å². The molecule has 1 aromatic carbocycles. The maximum atomic E-state index is 13.4. The van der Waals surface area contributed by atoms with Crippen molar-refractivity contribution in [1.29, 1.82) is 0 Å². The lowest BCUT2D eigenvalue weighted by molar-refractivity contribution is 0.0704. The van der Waals surface area contributed by atoms with Crippen molar-refractivity contribution >= 4 is 17.5 Å². The molecular weight excluding hydrogens is 380 g/mol. The lowest BCUT2D eigenvalue weighted by Crippen LogP contribution is -2.40. The van der Waals surface area contributed by atoms with E-state index in [1.165, 1.54) is 11.7 Å². The quantitative estimate of drug-likeness (QED) is 0.622. The van der Waals surface area contributed by atoms with Gasteiger partial charge in [0.05, 0.1) is 23.6 Å². The van der Waals surface area contributed by atoms with Gasteiger partial charge in [-0.25, -0.2) is 4.98 Å². The number of amides is 1. The molecule has 0 N–H and O–H groups in total. The SMILES string of the molecule is CC(=O)c1cccc(N2CC[C@@H](C)N(C(=O)c3ccccc3-n3nccn3)CC2)n1. The van der Waals surface area contributed by atoms with Gasteiger partial charge in [0.1, 0.15) is 11.5 Å². The van der Waals surface area contributed by atoms with Gasteiger partial charge >= 0.3 is 0 Å². The van der Waals surface area contributed by atoms with Crippen LogP contribution in [0.25, 0.3) is 5.69 Å². The Hall–Kier alpha value is -3.55. The molecule has 0 unspecified atom stereocenters. The van der Waals surface area contributed by atoms with Crippen LogP contribution in [0.1, 0.15) is 41.1 Å². The van der Waals surface area contributed by atoms with Crippen LogP contribution < -0.4 is 4.90 Å². The van der Waals surface area contributed by atoms with E-state index in [9.17, 15) is 9.59 Å². The van der Waals surface area contributed by atoms with Crippen LogP contribution in [0.3, 0.4) is 0 Å². The molecule has 8 heteroatoms. The third-order valence-corrected chi connectivity index (χ3v) is 5.41. The first-order valence-electron chi connectivity index (χ1n) is 10.0. The van der Waals surface area contributed by atoms with E-state index >= 15 is 0 Å². The van der Waals surface area contributed by atoms with Crippen molar-refractivity contribution in [3.63, 3.8) is 0 Å². The molecular formula is C22H24N6O2. The summed E-state index contributed by atoms with van der Waals surface area (Å²) in [5.74, 6) is 0.675. The first kappa shape index (κ1) is 19.8. The summed E-state index contributed by atoms with van der Waals surface area (Å²) < 4.78 is 0. The van der Waals surface area contributed by atoms with Gasteiger partial charge in [0.25, 0.3) is 5.91 Å². The van der Waals surface area contributed by atoms with Crippen LogP contribution in [-0.2, 0) is 0 Å². The standard InChI is InChI=1S/C22H24N6O2/c1-16-10-13-26(21-9-5-7-19(25-21)17(2)29)14-15-27(16)22(30)18-6-3-4-8-20(18)28-23-11-12-24-28/h3-9,11-12,16H,10,13-15H2,1-2H3/t16-/m1/s1. The molecule has 0 radical (unpaired) electrons. The minimum absolute atomic E-state index is 0.0392. The number of benzene rings is 1. The molecule has 1 aliphatic heterocycles. The third kappa shape index (κ3) is 3.94. The summed E-state index contributed by atoms with van der Waals surface area (Å²) in [6, 6.07) is 12.9. The molecule has 1 saturated heterocycles. The molecule has 1 aliphatic rings. The molecule has 1 atom stereocenters. The highest BCUT2D eigenvalue weighted by Gasteiger charge is 2.28. The number of para-hydroxylation sites is 1. The number of nitrogens with zero attached hydrogens (tertiary/aromatic N) is 6. The van der Waals surface area contributed by atoms with Crippen LogP contribution in [0.4, 0.5) is 5.82 Å². The Kier molecular flexibility index (Phi) is 5.56. The average Bonchev–Trinajstić information content (AvgIpc) is 3.23. The Balaban J connectivity index is 1.56. The minimum Gasteiger partial charge on any atom is -0.355 e. The van der Waals surface area contributed by atoms with Crippen LogP contribution in [0.2, 0.25) is 0 Å². The topological polar surface area (TPSA) is 84.2 Å². The minimum atomic E-state index is -0.0549. The molecule has 30 heavy (non-hydrogen) atoms. The van der Waals surface area contributed by atoms with Gasteiger partial charge in [0, 0.05) is 32.6 Å². The van der Waals surface area contributed by atoms with E-state index in [-0.39, 0.29) is 17.7 Å². The summed E-state index contributed by atoms with van der Waals surface area (Å²) in [7, 11) is 0. The number of hydrogen-bond acceptors (Lipinski definition) is 6. The molecule has 0 aliphatic carbocycles. The highest BCUT2D eigenvalue weighted by atomic mass is 16.2. The Bertz CT molecular complexity index is 1050. The number of rotatable bonds is 4. The highest BCUT2D eigenvalue weighted by Crippen LogP contribution is 2.21. The van der Waals surface area contributed by atoms with Gasteiger partial charge in [-0.2, -0.15) is 15.0 Å². The van der Waals surface area contributed by atoms with E-state index in [4.69, 9.17) is 0 Å². The second-order valence-electron chi connectivity index (χ2n) is 7.40. The molecule has 0 bridgehead atoms. The molecule has 3 aromatic rings. The number of Topliss-reactive ketones (excluding diaryl/α,β-unsaturated/α-hetero) is 1. The smallest absolute Gasteiger partial charge is 0.256 e. The van der Waals surface area contributed by atoms with Gasteiger partial charge in [-0.05, 0) is 37.6 Å². The number of hydrogen-bond donors (Lipinski definition) is 0. The number of anilines is 1. The molecule has 0 saturated carbocycles. The van der Waals surface area contributed by atoms with Crippen molar-refractivity contribution in [2.75, 3.05) is 24.5 Å². The maximum Gasteiger partial charge on any atom is 0.256 e. The van der Waals surface area contributed by atoms with Crippen LogP contribution in [0.5, 0.6) is 0 Å². The van der Waals surface area contributed by atoms with Crippen molar-refractivity contribution in [3.8, 4) is 5.69 Å². The zero-order valence-electron chi connectivity index (χ0n) is 17.1. The van der Waals surface area contributed by atoms with Crippen molar-refractivity contribution in [2.45, 2.75) is 26.3 Å². The number of aromatic nitrogens is 4. The van der Waals surface area contributed by atoms with Crippen molar-refractivity contribution < 1.29 is 9.59 Å². The Morgan fingerprint density at radius 1 is 0.967 bits per heavy atom. The lowest BCUT2D eigenvalue weighted by Gasteiger charge is -2.27. The van der Waals surface area contributed by atoms with E-state index < -0.39 is 0 Å². The van der Waals surface area contributed by atoms with Gasteiger partial charge in [0.2, 0.25) is 0 Å². The monoisotopic (exact) mass is 404 g/mol. The summed E-state index contributed by atoms with van der Waals surface area (Å²) in [4.78, 5) is 35.1. The second-order valence-corrected chi connectivity index (χ2v) is 7.40. The van der Waals surface area contributed by atoms with E-state index in [1.807, 2.05) is 41.3 Å². The zero-order valence-corrected chi connectivity index (χ0v) is 17.1. The molecule has 1 amide bonds. The Labute approximate surface area is 175 Å². The molecule has 1 fully saturated rings. The molecule has 3 heterocycles. The van der Waals surface area contributed by atoms with Crippen molar-refractivity contribution in [3.05, 3.63) is 66.1 Å². The van der Waals surface area contributed by atoms with E-state index in [2.05, 4.69) is 27.0 Å². The molecule has 154 valence electrons. The molecule has 8 nitrogen and oxygen atoms in total. The normalized spacial score (nSPS) is 16.9. The van der Waals surface area contributed by atoms with Crippen LogP contribution in [0, 0.1) is 0 Å². The van der Waals surface area contributed by atoms with Crippen LogP contribution in [-0.4, -0.2) is 62.2 Å². The fourth-order valence-electron chi connectivity index (χ4n) is 3.71. The van der Waals surface area contributed by atoms with Gasteiger partial charge in [-0.15, -0.1) is 0 Å². The molecule has 2 aromatic heterocycles. The predicted molar refractivity (Wildman–Crippen MR) is 113 cm³/mol. The van der Waals surface area contributed by atoms with E-state index in [0.29, 0.717) is 30.0 Å². The first-order chi connectivity index (χ1) is 14.5. The predicted octanol–water partition coefficient (Wildman–Crippen LogP) is 2.61. The van der Waals surface area contributed by atoms with Crippen molar-refractivity contribution in [2.24, 2.45) is 0 Å². The van der Waals surface area contributed by atoms with E-state index in [1.54, 1.807) is 18.5 Å². The number of pyridine rings is 1. The number of ketones is 1. The molecule has 0 spiro atoms. The highest BCUT2D eigenvalue weighted by molar-refractivity contribution is 5.98. The van der Waals surface area contributed by atoms with E-state index in [0.717, 1.165) is 18.8 Å². The fourth-order valence-corrected chi connectivity index (χ4v) is 3.71. The fraction of sp³-hybridized carbons (Fsp3) is 0.318.